The second-order valence-electron chi connectivity index (χ2n) is 3.78. The summed E-state index contributed by atoms with van der Waals surface area (Å²) < 4.78 is 10.6. The van der Waals surface area contributed by atoms with E-state index in [9.17, 15) is 4.79 Å². The van der Waals surface area contributed by atoms with E-state index in [1.165, 1.54) is 0 Å². The van der Waals surface area contributed by atoms with Crippen molar-refractivity contribution < 1.29 is 19.4 Å². The molecule has 0 aliphatic heterocycles. The van der Waals surface area contributed by atoms with Crippen molar-refractivity contribution >= 4 is 6.09 Å². The molecule has 1 amide bonds. The number of nitrogens with zero attached hydrogens (tertiary/aromatic N) is 1. The molecule has 4 N–H and O–H groups in total. The van der Waals surface area contributed by atoms with Crippen LogP contribution in [0.3, 0.4) is 0 Å². The van der Waals surface area contributed by atoms with E-state index in [2.05, 4.69) is 10.3 Å². The minimum absolute atomic E-state index is 0.272. The van der Waals surface area contributed by atoms with Crippen LogP contribution in [-0.2, 0) is 22.7 Å². The summed E-state index contributed by atoms with van der Waals surface area (Å²) in [7, 11) is 0. The Balaban J connectivity index is 2.18. The van der Waals surface area contributed by atoms with Crippen LogP contribution in [0.1, 0.15) is 11.3 Å². The zero-order valence-corrected chi connectivity index (χ0v) is 10.7. The number of nitrogens with one attached hydrogen (secondary N) is 1. The van der Waals surface area contributed by atoms with Gasteiger partial charge in [-0.05, 0) is 11.6 Å². The molecule has 0 radical (unpaired) electrons. The van der Waals surface area contributed by atoms with Crippen LogP contribution in [0.4, 0.5) is 4.79 Å². The van der Waals surface area contributed by atoms with E-state index in [1.807, 2.05) is 12.1 Å². The largest absolute Gasteiger partial charge is 0.465 e. The zero-order chi connectivity index (χ0) is 13.9. The fourth-order valence-electron chi connectivity index (χ4n) is 1.31. The number of carboxylic acid groups (broad SMARTS) is 1. The van der Waals surface area contributed by atoms with Gasteiger partial charge in [-0.25, -0.2) is 4.79 Å². The van der Waals surface area contributed by atoms with Crippen LogP contribution < -0.4 is 11.1 Å². The molecule has 0 saturated carbocycles. The van der Waals surface area contributed by atoms with Crippen molar-refractivity contribution in [3.63, 3.8) is 0 Å². The van der Waals surface area contributed by atoms with Crippen LogP contribution >= 0.6 is 0 Å². The minimum Gasteiger partial charge on any atom is -0.465 e. The lowest BCUT2D eigenvalue weighted by Gasteiger charge is -2.06. The number of pyridine rings is 1. The average molecular weight is 269 g/mol. The number of hydrogen-bond donors (Lipinski definition) is 3. The number of ether oxygens (including phenoxy) is 2. The fourth-order valence-corrected chi connectivity index (χ4v) is 1.31. The van der Waals surface area contributed by atoms with Crippen molar-refractivity contribution in [3.8, 4) is 0 Å². The summed E-state index contributed by atoms with van der Waals surface area (Å²) >= 11 is 0. The normalized spacial score (nSPS) is 10.4. The molecule has 19 heavy (non-hydrogen) atoms. The van der Waals surface area contributed by atoms with E-state index in [0.29, 0.717) is 33.0 Å². The Morgan fingerprint density at radius 1 is 1.32 bits per heavy atom. The maximum Gasteiger partial charge on any atom is 0.404 e. The highest BCUT2D eigenvalue weighted by molar-refractivity contribution is 5.64. The third kappa shape index (κ3) is 7.35. The van der Waals surface area contributed by atoms with Gasteiger partial charge in [-0.2, -0.15) is 0 Å². The van der Waals surface area contributed by atoms with Gasteiger partial charge in [0.15, 0.2) is 0 Å². The summed E-state index contributed by atoms with van der Waals surface area (Å²) in [5.74, 6) is 0. The summed E-state index contributed by atoms with van der Waals surface area (Å²) in [6.45, 7) is 2.46. The average Bonchev–Trinajstić information content (AvgIpc) is 2.40. The molecule has 7 nitrogen and oxygen atoms in total. The Bertz CT molecular complexity index is 370. The zero-order valence-electron chi connectivity index (χ0n) is 10.7. The second-order valence-corrected chi connectivity index (χ2v) is 3.78. The summed E-state index contributed by atoms with van der Waals surface area (Å²) in [5.41, 5.74) is 7.08. The molecule has 0 bridgehead atoms. The topological polar surface area (TPSA) is 107 Å². The van der Waals surface area contributed by atoms with E-state index < -0.39 is 6.09 Å². The van der Waals surface area contributed by atoms with Gasteiger partial charge in [-0.3, -0.25) is 4.98 Å². The first-order chi connectivity index (χ1) is 9.22. The number of nitrogens with two attached hydrogens (primary N) is 1. The van der Waals surface area contributed by atoms with E-state index in [-0.39, 0.29) is 6.54 Å². The Hall–Kier alpha value is -1.70. The predicted molar refractivity (Wildman–Crippen MR) is 68.6 cm³/mol. The predicted octanol–water partition coefficient (Wildman–Crippen LogP) is 0.341. The fraction of sp³-hybridized carbons (Fsp3) is 0.500. The Labute approximate surface area is 111 Å². The molecular weight excluding hydrogens is 250 g/mol. The van der Waals surface area contributed by atoms with Crippen molar-refractivity contribution in [2.75, 3.05) is 26.3 Å². The number of amides is 1. The summed E-state index contributed by atoms with van der Waals surface area (Å²) in [6, 6.07) is 3.77. The standard InChI is InChI=1S/C12H19N3O4/c13-3-5-18-9-11-2-1-10(7-15-11)8-19-6-4-14-12(16)17/h1-2,7,14H,3-6,8-9,13H2,(H,16,17). The van der Waals surface area contributed by atoms with E-state index in [1.54, 1.807) is 6.20 Å². The monoisotopic (exact) mass is 269 g/mol. The molecule has 0 aliphatic carbocycles. The maximum atomic E-state index is 10.2. The molecule has 0 aromatic carbocycles. The van der Waals surface area contributed by atoms with Crippen molar-refractivity contribution in [2.45, 2.75) is 13.2 Å². The molecule has 0 saturated heterocycles. The molecule has 0 unspecified atom stereocenters. The van der Waals surface area contributed by atoms with Crippen LogP contribution in [-0.4, -0.2) is 42.5 Å². The van der Waals surface area contributed by atoms with Gasteiger partial charge >= 0.3 is 6.09 Å². The molecule has 0 atom stereocenters. The lowest BCUT2D eigenvalue weighted by molar-refractivity contribution is 0.119. The van der Waals surface area contributed by atoms with E-state index >= 15 is 0 Å². The first-order valence-electron chi connectivity index (χ1n) is 5.98. The molecule has 1 aromatic rings. The molecule has 0 aliphatic rings. The van der Waals surface area contributed by atoms with Gasteiger partial charge in [0, 0.05) is 19.3 Å². The third-order valence-electron chi connectivity index (χ3n) is 2.19. The Kier molecular flexibility index (Phi) is 7.48. The first kappa shape index (κ1) is 15.4. The van der Waals surface area contributed by atoms with Gasteiger partial charge in [0.1, 0.15) is 0 Å². The van der Waals surface area contributed by atoms with Gasteiger partial charge in [0.25, 0.3) is 0 Å². The molecule has 1 heterocycles. The summed E-state index contributed by atoms with van der Waals surface area (Å²) in [5, 5.41) is 10.6. The molecule has 7 heteroatoms. The Morgan fingerprint density at radius 2 is 2.11 bits per heavy atom. The second kappa shape index (κ2) is 9.26. The van der Waals surface area contributed by atoms with Gasteiger partial charge in [0.05, 0.1) is 32.1 Å². The third-order valence-corrected chi connectivity index (χ3v) is 2.19. The number of rotatable bonds is 9. The first-order valence-corrected chi connectivity index (χ1v) is 5.98. The number of hydrogen-bond acceptors (Lipinski definition) is 5. The summed E-state index contributed by atoms with van der Waals surface area (Å²) in [6.07, 6.45) is 0.665. The van der Waals surface area contributed by atoms with Crippen molar-refractivity contribution in [2.24, 2.45) is 5.73 Å². The quantitative estimate of drug-likeness (QED) is 0.558. The minimum atomic E-state index is -1.05. The lowest BCUT2D eigenvalue weighted by atomic mass is 10.2. The number of aromatic nitrogens is 1. The van der Waals surface area contributed by atoms with Crippen LogP contribution in [0.2, 0.25) is 0 Å². The highest BCUT2D eigenvalue weighted by Gasteiger charge is 1.98. The van der Waals surface area contributed by atoms with Gasteiger partial charge < -0.3 is 25.6 Å². The molecule has 1 rings (SSSR count). The van der Waals surface area contributed by atoms with Crippen LogP contribution in [0.5, 0.6) is 0 Å². The van der Waals surface area contributed by atoms with Crippen molar-refractivity contribution in [1.29, 1.82) is 0 Å². The molecule has 0 spiro atoms. The number of carbonyl (C=O) groups is 1. The lowest BCUT2D eigenvalue weighted by Crippen LogP contribution is -2.25. The van der Waals surface area contributed by atoms with E-state index in [0.717, 1.165) is 11.3 Å². The smallest absolute Gasteiger partial charge is 0.404 e. The SMILES string of the molecule is NCCOCc1ccc(COCCNC(=O)O)cn1. The Morgan fingerprint density at radius 3 is 2.74 bits per heavy atom. The van der Waals surface area contributed by atoms with Gasteiger partial charge in [-0.15, -0.1) is 0 Å². The summed E-state index contributed by atoms with van der Waals surface area (Å²) in [4.78, 5) is 14.4. The highest BCUT2D eigenvalue weighted by Crippen LogP contribution is 2.03. The van der Waals surface area contributed by atoms with Crippen molar-refractivity contribution in [3.05, 3.63) is 29.6 Å². The van der Waals surface area contributed by atoms with E-state index in [4.69, 9.17) is 20.3 Å². The molecular formula is C12H19N3O4. The van der Waals surface area contributed by atoms with Crippen LogP contribution in [0, 0.1) is 0 Å². The highest BCUT2D eigenvalue weighted by atomic mass is 16.5. The van der Waals surface area contributed by atoms with Gasteiger partial charge in [0.2, 0.25) is 0 Å². The maximum absolute atomic E-state index is 10.2. The van der Waals surface area contributed by atoms with Gasteiger partial charge in [-0.1, -0.05) is 6.07 Å². The van der Waals surface area contributed by atoms with Crippen LogP contribution in [0.15, 0.2) is 18.3 Å². The van der Waals surface area contributed by atoms with Crippen molar-refractivity contribution in [1.82, 2.24) is 10.3 Å². The van der Waals surface area contributed by atoms with Crippen LogP contribution in [0.25, 0.3) is 0 Å². The molecule has 106 valence electrons. The molecule has 0 fully saturated rings. The molecule has 1 aromatic heterocycles.